The Labute approximate surface area is 111 Å². The first-order valence-corrected chi connectivity index (χ1v) is 6.07. The van der Waals surface area contributed by atoms with Gasteiger partial charge in [-0.05, 0) is 24.1 Å². The molecule has 0 spiro atoms. The van der Waals surface area contributed by atoms with Gasteiger partial charge in [-0.2, -0.15) is 5.26 Å². The van der Waals surface area contributed by atoms with Crippen LogP contribution in [0, 0.1) is 11.3 Å². The van der Waals surface area contributed by atoms with Gasteiger partial charge in [-0.1, -0.05) is 6.07 Å². The number of nitriles is 1. The van der Waals surface area contributed by atoms with Crippen molar-refractivity contribution in [1.82, 2.24) is 0 Å². The van der Waals surface area contributed by atoms with Gasteiger partial charge in [0, 0.05) is 10.8 Å². The van der Waals surface area contributed by atoms with Crippen LogP contribution in [-0.2, 0) is 21.8 Å². The molecule has 17 heavy (non-hydrogen) atoms. The van der Waals surface area contributed by atoms with E-state index in [1.54, 1.807) is 19.1 Å². The fourth-order valence-corrected chi connectivity index (χ4v) is 2.04. The van der Waals surface area contributed by atoms with Crippen LogP contribution in [0.25, 0.3) is 0 Å². The lowest BCUT2D eigenvalue weighted by atomic mass is 10.0. The molecule has 0 heterocycles. The second kappa shape index (κ2) is 6.53. The minimum atomic E-state index is -0.300. The van der Waals surface area contributed by atoms with E-state index in [-0.39, 0.29) is 18.3 Å². The molecule has 5 heteroatoms. The molecule has 3 nitrogen and oxygen atoms in total. The Bertz CT molecular complexity index is 468. The van der Waals surface area contributed by atoms with Crippen LogP contribution in [0.15, 0.2) is 17.0 Å². The van der Waals surface area contributed by atoms with Crippen LogP contribution in [-0.4, -0.2) is 12.6 Å². The highest BCUT2D eigenvalue weighted by molar-refractivity contribution is 7.80. The van der Waals surface area contributed by atoms with Crippen molar-refractivity contribution in [2.75, 3.05) is 6.61 Å². The summed E-state index contributed by atoms with van der Waals surface area (Å²) in [5, 5.41) is 8.94. The number of nitrogens with zero attached hydrogens (tertiary/aromatic N) is 1. The lowest BCUT2D eigenvalue weighted by Crippen LogP contribution is -2.08. The van der Waals surface area contributed by atoms with Crippen molar-refractivity contribution in [3.63, 3.8) is 0 Å². The molecular formula is C12H12ClNO2S. The highest BCUT2D eigenvalue weighted by atomic mass is 35.5. The molecule has 0 unspecified atom stereocenters. The minimum absolute atomic E-state index is 0.164. The maximum atomic E-state index is 11.3. The molecule has 0 saturated carbocycles. The Morgan fingerprint density at radius 3 is 2.82 bits per heavy atom. The molecule has 0 aliphatic heterocycles. The van der Waals surface area contributed by atoms with Crippen LogP contribution >= 0.6 is 24.2 Å². The monoisotopic (exact) mass is 269 g/mol. The zero-order chi connectivity index (χ0) is 12.8. The number of hydrogen-bond donors (Lipinski definition) is 1. The number of carbonyl (C=O) groups is 1. The molecule has 0 radical (unpaired) electrons. The van der Waals surface area contributed by atoms with Gasteiger partial charge in [-0.25, -0.2) is 0 Å². The number of alkyl halides is 1. The summed E-state index contributed by atoms with van der Waals surface area (Å²) < 4.78 is 4.85. The van der Waals surface area contributed by atoms with Crippen molar-refractivity contribution < 1.29 is 9.53 Å². The van der Waals surface area contributed by atoms with Gasteiger partial charge >= 0.3 is 5.97 Å². The molecule has 1 aromatic carbocycles. The van der Waals surface area contributed by atoms with Crippen LogP contribution in [0.2, 0.25) is 0 Å². The molecule has 0 N–H and O–H groups in total. The smallest absolute Gasteiger partial charge is 0.310 e. The average Bonchev–Trinajstić information content (AvgIpc) is 2.28. The van der Waals surface area contributed by atoms with Gasteiger partial charge in [0.2, 0.25) is 0 Å². The van der Waals surface area contributed by atoms with Crippen LogP contribution in [0.3, 0.4) is 0 Å². The van der Waals surface area contributed by atoms with Crippen LogP contribution in [0.4, 0.5) is 0 Å². The quantitative estimate of drug-likeness (QED) is 0.519. The molecule has 90 valence electrons. The number of halogens is 1. The van der Waals surface area contributed by atoms with Crippen LogP contribution < -0.4 is 0 Å². The molecule has 1 rings (SSSR count). The van der Waals surface area contributed by atoms with Gasteiger partial charge in [0.05, 0.1) is 18.6 Å². The number of rotatable bonds is 4. The maximum Gasteiger partial charge on any atom is 0.310 e. The molecule has 0 saturated heterocycles. The third-order valence-corrected chi connectivity index (χ3v) is 2.81. The fraction of sp³-hybridized carbons (Fsp3) is 0.333. The Morgan fingerprint density at radius 1 is 1.59 bits per heavy atom. The standard InChI is InChI=1S/C12H12ClNO2S/c1-2-16-12(15)5-8-3-9(6-13)10(7-14)11(17)4-8/h3-4,17H,2,5-6H2,1H3. The largest absolute Gasteiger partial charge is 0.466 e. The molecule has 0 bridgehead atoms. The third kappa shape index (κ3) is 3.65. The molecule has 0 atom stereocenters. The summed E-state index contributed by atoms with van der Waals surface area (Å²) in [4.78, 5) is 11.9. The van der Waals surface area contributed by atoms with Gasteiger partial charge in [-0.3, -0.25) is 4.79 Å². The number of ether oxygens (including phenoxy) is 1. The zero-order valence-corrected chi connectivity index (χ0v) is 11.0. The first kappa shape index (κ1) is 13.9. The highest BCUT2D eigenvalue weighted by Crippen LogP contribution is 2.22. The lowest BCUT2D eigenvalue weighted by Gasteiger charge is -2.07. The summed E-state index contributed by atoms with van der Waals surface area (Å²) in [5.41, 5.74) is 1.89. The predicted molar refractivity (Wildman–Crippen MR) is 68.3 cm³/mol. The summed E-state index contributed by atoms with van der Waals surface area (Å²) >= 11 is 9.96. The van der Waals surface area contributed by atoms with Crippen molar-refractivity contribution in [1.29, 1.82) is 5.26 Å². The Kier molecular flexibility index (Phi) is 5.33. The zero-order valence-electron chi connectivity index (χ0n) is 9.36. The Balaban J connectivity index is 3.00. The number of thiol groups is 1. The van der Waals surface area contributed by atoms with E-state index in [4.69, 9.17) is 21.6 Å². The number of hydrogen-bond acceptors (Lipinski definition) is 4. The second-order valence-corrected chi connectivity index (χ2v) is 4.13. The van der Waals surface area contributed by atoms with Gasteiger partial charge in [-0.15, -0.1) is 24.2 Å². The first-order chi connectivity index (χ1) is 8.12. The molecule has 0 amide bonds. The fourth-order valence-electron chi connectivity index (χ4n) is 1.47. The molecule has 0 fully saturated rings. The molecule has 1 aromatic rings. The van der Waals surface area contributed by atoms with Gasteiger partial charge < -0.3 is 4.74 Å². The van der Waals surface area contributed by atoms with E-state index in [0.29, 0.717) is 22.6 Å². The molecular weight excluding hydrogens is 258 g/mol. The normalized spacial score (nSPS) is 9.76. The van der Waals surface area contributed by atoms with Gasteiger partial charge in [0.1, 0.15) is 6.07 Å². The first-order valence-electron chi connectivity index (χ1n) is 5.08. The summed E-state index contributed by atoms with van der Waals surface area (Å²) in [7, 11) is 0. The number of carbonyl (C=O) groups excluding carboxylic acids is 1. The lowest BCUT2D eigenvalue weighted by molar-refractivity contribution is -0.142. The SMILES string of the molecule is CCOC(=O)Cc1cc(S)c(C#N)c(CCl)c1. The topological polar surface area (TPSA) is 50.1 Å². The number of benzene rings is 1. The highest BCUT2D eigenvalue weighted by Gasteiger charge is 2.10. The van der Waals surface area contributed by atoms with Crippen molar-refractivity contribution in [2.45, 2.75) is 24.1 Å². The van der Waals surface area contributed by atoms with E-state index in [2.05, 4.69) is 12.6 Å². The summed E-state index contributed by atoms with van der Waals surface area (Å²) in [5.74, 6) is -0.0851. The summed E-state index contributed by atoms with van der Waals surface area (Å²) in [6.45, 7) is 2.11. The third-order valence-electron chi connectivity index (χ3n) is 2.17. The van der Waals surface area contributed by atoms with Gasteiger partial charge in [0.25, 0.3) is 0 Å². The van der Waals surface area contributed by atoms with E-state index in [9.17, 15) is 4.79 Å². The Morgan fingerprint density at radius 2 is 2.29 bits per heavy atom. The molecule has 0 aromatic heterocycles. The van der Waals surface area contributed by atoms with Crippen LogP contribution in [0.1, 0.15) is 23.6 Å². The minimum Gasteiger partial charge on any atom is -0.466 e. The second-order valence-electron chi connectivity index (χ2n) is 3.38. The van der Waals surface area contributed by atoms with Crippen molar-refractivity contribution in [2.24, 2.45) is 0 Å². The summed E-state index contributed by atoms with van der Waals surface area (Å²) in [6.07, 6.45) is 0.164. The molecule has 0 aliphatic carbocycles. The van der Waals surface area contributed by atoms with Crippen molar-refractivity contribution >= 4 is 30.2 Å². The van der Waals surface area contributed by atoms with Gasteiger partial charge in [0.15, 0.2) is 0 Å². The van der Waals surface area contributed by atoms with E-state index in [0.717, 1.165) is 5.56 Å². The predicted octanol–water partition coefficient (Wildman–Crippen LogP) is 2.69. The van der Waals surface area contributed by atoms with E-state index in [1.807, 2.05) is 6.07 Å². The van der Waals surface area contributed by atoms with E-state index in [1.165, 1.54) is 0 Å². The Hall–Kier alpha value is -1.18. The summed E-state index contributed by atoms with van der Waals surface area (Å²) in [6, 6.07) is 5.47. The van der Waals surface area contributed by atoms with Crippen molar-refractivity contribution in [3.05, 3.63) is 28.8 Å². The van der Waals surface area contributed by atoms with E-state index >= 15 is 0 Å². The van der Waals surface area contributed by atoms with Crippen LogP contribution in [0.5, 0.6) is 0 Å². The van der Waals surface area contributed by atoms with Crippen molar-refractivity contribution in [3.8, 4) is 6.07 Å². The maximum absolute atomic E-state index is 11.3. The number of esters is 1. The average molecular weight is 270 g/mol. The molecule has 0 aliphatic rings. The van der Waals surface area contributed by atoms with E-state index < -0.39 is 0 Å².